The van der Waals surface area contributed by atoms with Crippen molar-refractivity contribution in [3.63, 3.8) is 0 Å². The highest BCUT2D eigenvalue weighted by Crippen LogP contribution is 2.21. The predicted octanol–water partition coefficient (Wildman–Crippen LogP) is 2.55. The molecule has 17 heavy (non-hydrogen) atoms. The molecule has 0 aliphatic carbocycles. The topological polar surface area (TPSA) is 38.7 Å². The zero-order chi connectivity index (χ0) is 12.1. The van der Waals surface area contributed by atoms with E-state index in [4.69, 9.17) is 9.47 Å². The van der Waals surface area contributed by atoms with Crippen LogP contribution >= 0.6 is 0 Å². The van der Waals surface area contributed by atoms with Gasteiger partial charge >= 0.3 is 0 Å². The summed E-state index contributed by atoms with van der Waals surface area (Å²) in [6.45, 7) is 4.35. The van der Waals surface area contributed by atoms with Crippen molar-refractivity contribution in [2.75, 3.05) is 19.8 Å². The molecule has 3 heteroatoms. The predicted molar refractivity (Wildman–Crippen MR) is 66.1 cm³/mol. The van der Waals surface area contributed by atoms with Crippen LogP contribution < -0.4 is 4.74 Å². The van der Waals surface area contributed by atoms with Gasteiger partial charge in [-0.15, -0.1) is 0 Å². The maximum Gasteiger partial charge on any atom is 0.119 e. The second-order valence-corrected chi connectivity index (χ2v) is 4.53. The molecule has 1 fully saturated rings. The minimum absolute atomic E-state index is 0.368. The molecule has 0 saturated carbocycles. The van der Waals surface area contributed by atoms with Crippen LogP contribution in [-0.2, 0) is 4.74 Å². The molecule has 1 saturated heterocycles. The maximum atomic E-state index is 9.67. The fourth-order valence-electron chi connectivity index (χ4n) is 1.95. The van der Waals surface area contributed by atoms with Crippen molar-refractivity contribution in [1.29, 1.82) is 0 Å². The van der Waals surface area contributed by atoms with E-state index in [0.717, 1.165) is 44.0 Å². The summed E-state index contributed by atoms with van der Waals surface area (Å²) in [4.78, 5) is 0. The molecule has 2 rings (SSSR count). The lowest BCUT2D eigenvalue weighted by atomic mass is 10.1. The summed E-state index contributed by atoms with van der Waals surface area (Å²) in [5, 5.41) is 9.67. The van der Waals surface area contributed by atoms with Crippen molar-refractivity contribution in [2.45, 2.75) is 25.9 Å². The summed E-state index contributed by atoms with van der Waals surface area (Å²) in [6.07, 6.45) is 1.46. The van der Waals surface area contributed by atoms with E-state index < -0.39 is 0 Å². The first-order chi connectivity index (χ1) is 8.29. The average Bonchev–Trinajstić information content (AvgIpc) is 2.89. The van der Waals surface area contributed by atoms with E-state index in [1.165, 1.54) is 0 Å². The third kappa shape index (κ3) is 3.45. The summed E-state index contributed by atoms with van der Waals surface area (Å²) in [6, 6.07) is 7.69. The number of benzene rings is 1. The molecule has 1 aromatic rings. The molecule has 1 aromatic carbocycles. The van der Waals surface area contributed by atoms with Gasteiger partial charge in [0.25, 0.3) is 0 Å². The van der Waals surface area contributed by atoms with Gasteiger partial charge in [-0.2, -0.15) is 0 Å². The Labute approximate surface area is 102 Å². The Balaban J connectivity index is 1.84. The molecular formula is C14H20O3. The molecule has 1 aliphatic heterocycles. The van der Waals surface area contributed by atoms with E-state index in [0.29, 0.717) is 5.92 Å². The smallest absolute Gasteiger partial charge is 0.119 e. The number of aliphatic hydroxyl groups excluding tert-OH is 1. The van der Waals surface area contributed by atoms with Gasteiger partial charge in [0.2, 0.25) is 0 Å². The van der Waals surface area contributed by atoms with Gasteiger partial charge in [0.05, 0.1) is 19.3 Å². The van der Waals surface area contributed by atoms with Crippen molar-refractivity contribution < 1.29 is 14.6 Å². The first-order valence-electron chi connectivity index (χ1n) is 6.28. The molecule has 1 N–H and O–H groups in total. The zero-order valence-electron chi connectivity index (χ0n) is 10.3. The molecule has 0 radical (unpaired) electrons. The van der Waals surface area contributed by atoms with Crippen LogP contribution in [0, 0.1) is 5.92 Å². The molecule has 0 amide bonds. The standard InChI is InChI=1S/C14H20O3/c1-2-14(15)12-3-5-13(6-4-12)17-10-11-7-8-16-9-11/h3-6,11,14-15H,2,7-10H2,1H3/t11?,14-/m0/s1. The summed E-state index contributed by atoms with van der Waals surface area (Å²) >= 11 is 0. The van der Waals surface area contributed by atoms with Gasteiger partial charge in [-0.3, -0.25) is 0 Å². The highest BCUT2D eigenvalue weighted by molar-refractivity contribution is 5.28. The van der Waals surface area contributed by atoms with E-state index in [2.05, 4.69) is 0 Å². The summed E-state index contributed by atoms with van der Waals surface area (Å²) in [7, 11) is 0. The van der Waals surface area contributed by atoms with E-state index in [1.54, 1.807) is 0 Å². The van der Waals surface area contributed by atoms with Crippen LogP contribution in [-0.4, -0.2) is 24.9 Å². The quantitative estimate of drug-likeness (QED) is 0.854. The molecule has 3 nitrogen and oxygen atoms in total. The van der Waals surface area contributed by atoms with Gasteiger partial charge < -0.3 is 14.6 Å². The van der Waals surface area contributed by atoms with E-state index >= 15 is 0 Å². The van der Waals surface area contributed by atoms with Gasteiger partial charge in [0, 0.05) is 12.5 Å². The first-order valence-corrected chi connectivity index (χ1v) is 6.28. The van der Waals surface area contributed by atoms with E-state index in [9.17, 15) is 5.11 Å². The van der Waals surface area contributed by atoms with Crippen LogP contribution in [0.3, 0.4) is 0 Å². The van der Waals surface area contributed by atoms with Gasteiger partial charge in [0.15, 0.2) is 0 Å². The van der Waals surface area contributed by atoms with Crippen LogP contribution in [0.25, 0.3) is 0 Å². The Morgan fingerprint density at radius 1 is 1.41 bits per heavy atom. The number of hydrogen-bond donors (Lipinski definition) is 1. The molecule has 0 aromatic heterocycles. The number of hydrogen-bond acceptors (Lipinski definition) is 3. The largest absolute Gasteiger partial charge is 0.493 e. The van der Waals surface area contributed by atoms with Crippen molar-refractivity contribution in [3.8, 4) is 5.75 Å². The first kappa shape index (κ1) is 12.4. The number of aliphatic hydroxyl groups is 1. The lowest BCUT2D eigenvalue weighted by Gasteiger charge is -2.12. The summed E-state index contributed by atoms with van der Waals surface area (Å²) in [5.74, 6) is 1.39. The Hall–Kier alpha value is -1.06. The van der Waals surface area contributed by atoms with Gasteiger partial charge in [0.1, 0.15) is 5.75 Å². The Bertz CT molecular complexity index is 328. The average molecular weight is 236 g/mol. The monoisotopic (exact) mass is 236 g/mol. The summed E-state index contributed by atoms with van der Waals surface area (Å²) < 4.78 is 11.0. The van der Waals surface area contributed by atoms with Gasteiger partial charge in [-0.1, -0.05) is 19.1 Å². The van der Waals surface area contributed by atoms with Crippen molar-refractivity contribution in [1.82, 2.24) is 0 Å². The Morgan fingerprint density at radius 2 is 2.18 bits per heavy atom. The van der Waals surface area contributed by atoms with Crippen molar-refractivity contribution in [2.24, 2.45) is 5.92 Å². The fraction of sp³-hybridized carbons (Fsp3) is 0.571. The fourth-order valence-corrected chi connectivity index (χ4v) is 1.95. The lowest BCUT2D eigenvalue weighted by molar-refractivity contribution is 0.166. The SMILES string of the molecule is CC[C@H](O)c1ccc(OCC2CCOC2)cc1. The minimum atomic E-state index is -0.368. The molecule has 1 unspecified atom stereocenters. The van der Waals surface area contributed by atoms with Crippen LogP contribution in [0.5, 0.6) is 5.75 Å². The third-order valence-corrected chi connectivity index (χ3v) is 3.16. The second-order valence-electron chi connectivity index (χ2n) is 4.53. The molecule has 1 heterocycles. The number of rotatable bonds is 5. The summed E-state index contributed by atoms with van der Waals surface area (Å²) in [5.41, 5.74) is 0.948. The van der Waals surface area contributed by atoms with E-state index in [1.807, 2.05) is 31.2 Å². The normalized spacial score (nSPS) is 21.4. The number of ether oxygens (including phenoxy) is 2. The highest BCUT2D eigenvalue weighted by Gasteiger charge is 2.16. The molecule has 0 bridgehead atoms. The van der Waals surface area contributed by atoms with Crippen LogP contribution in [0.4, 0.5) is 0 Å². The Morgan fingerprint density at radius 3 is 2.76 bits per heavy atom. The van der Waals surface area contributed by atoms with Crippen molar-refractivity contribution >= 4 is 0 Å². The Kier molecular flexibility index (Phi) is 4.40. The van der Waals surface area contributed by atoms with Gasteiger partial charge in [-0.25, -0.2) is 0 Å². The zero-order valence-corrected chi connectivity index (χ0v) is 10.3. The maximum absolute atomic E-state index is 9.67. The molecule has 94 valence electrons. The lowest BCUT2D eigenvalue weighted by Crippen LogP contribution is -2.11. The molecule has 0 spiro atoms. The third-order valence-electron chi connectivity index (χ3n) is 3.16. The van der Waals surface area contributed by atoms with Crippen molar-refractivity contribution in [3.05, 3.63) is 29.8 Å². The van der Waals surface area contributed by atoms with Crippen LogP contribution in [0.2, 0.25) is 0 Å². The van der Waals surface area contributed by atoms with E-state index in [-0.39, 0.29) is 6.10 Å². The molecule has 2 atom stereocenters. The second kappa shape index (κ2) is 6.03. The van der Waals surface area contributed by atoms with Crippen LogP contribution in [0.15, 0.2) is 24.3 Å². The van der Waals surface area contributed by atoms with Gasteiger partial charge in [-0.05, 0) is 30.5 Å². The molecular weight excluding hydrogens is 216 g/mol. The minimum Gasteiger partial charge on any atom is -0.493 e. The molecule has 1 aliphatic rings. The highest BCUT2D eigenvalue weighted by atomic mass is 16.5. The van der Waals surface area contributed by atoms with Crippen LogP contribution in [0.1, 0.15) is 31.4 Å².